The summed E-state index contributed by atoms with van der Waals surface area (Å²) in [5.74, 6) is -1.28. The average molecular weight is 312 g/mol. The van der Waals surface area contributed by atoms with Gasteiger partial charge in [0.25, 0.3) is 15.9 Å². The van der Waals surface area contributed by atoms with Gasteiger partial charge in [-0.15, -0.1) is 0 Å². The van der Waals surface area contributed by atoms with Crippen LogP contribution >= 0.6 is 0 Å². The van der Waals surface area contributed by atoms with Gasteiger partial charge in [0.15, 0.2) is 0 Å². The number of hydrogen-bond donors (Lipinski definition) is 1. The molecule has 114 valence electrons. The number of nitrogens with two attached hydrogens (primary N) is 1. The van der Waals surface area contributed by atoms with Crippen molar-refractivity contribution in [3.8, 4) is 0 Å². The number of anilines is 1. The Morgan fingerprint density at radius 1 is 1.38 bits per heavy atom. The highest BCUT2D eigenvalue weighted by atomic mass is 32.2. The number of benzene rings is 1. The van der Waals surface area contributed by atoms with E-state index in [1.54, 1.807) is 0 Å². The third-order valence-corrected chi connectivity index (χ3v) is 5.09. The fourth-order valence-corrected chi connectivity index (χ4v) is 3.87. The second-order valence-corrected chi connectivity index (χ2v) is 7.28. The molecule has 0 radical (unpaired) electrons. The van der Waals surface area contributed by atoms with Gasteiger partial charge in [-0.2, -0.15) is 0 Å². The molecular weight excluding hydrogens is 296 g/mol. The smallest absolute Gasteiger partial charge is 0.313 e. The first-order valence-corrected chi connectivity index (χ1v) is 7.60. The van der Waals surface area contributed by atoms with E-state index in [-0.39, 0.29) is 17.0 Å². The number of carbonyl (C=O) groups excluding carboxylic acids is 2. The van der Waals surface area contributed by atoms with Crippen LogP contribution in [0.5, 0.6) is 0 Å². The lowest BCUT2D eigenvalue weighted by atomic mass is 9.93. The van der Waals surface area contributed by atoms with E-state index in [1.807, 2.05) is 0 Å². The van der Waals surface area contributed by atoms with Crippen LogP contribution in [0.15, 0.2) is 23.1 Å². The van der Waals surface area contributed by atoms with Gasteiger partial charge in [-0.05, 0) is 32.0 Å². The number of nitrogen functional groups attached to an aromatic ring is 1. The minimum atomic E-state index is -3.97. The summed E-state index contributed by atoms with van der Waals surface area (Å²) in [6, 6.07) is 4.03. The van der Waals surface area contributed by atoms with Gasteiger partial charge < -0.3 is 10.5 Å². The minimum Gasteiger partial charge on any atom is -0.469 e. The maximum Gasteiger partial charge on any atom is 0.313 e. The van der Waals surface area contributed by atoms with Gasteiger partial charge in [-0.3, -0.25) is 9.59 Å². The average Bonchev–Trinajstić information content (AvgIpc) is 2.58. The molecule has 0 saturated carbocycles. The summed E-state index contributed by atoms with van der Waals surface area (Å²) in [4.78, 5) is 23.9. The number of sulfonamides is 1. The Bertz CT molecular complexity index is 724. The highest BCUT2D eigenvalue weighted by Gasteiger charge is 2.45. The van der Waals surface area contributed by atoms with Gasteiger partial charge in [0.05, 0.1) is 24.6 Å². The van der Waals surface area contributed by atoms with Crippen LogP contribution in [-0.2, 0) is 19.6 Å². The Morgan fingerprint density at radius 2 is 2.00 bits per heavy atom. The molecule has 2 rings (SSSR count). The molecule has 1 amide bonds. The van der Waals surface area contributed by atoms with Gasteiger partial charge in [-0.25, -0.2) is 12.7 Å². The van der Waals surface area contributed by atoms with Crippen LogP contribution < -0.4 is 5.73 Å². The number of esters is 1. The van der Waals surface area contributed by atoms with Crippen molar-refractivity contribution in [2.24, 2.45) is 5.41 Å². The second kappa shape index (κ2) is 4.73. The highest BCUT2D eigenvalue weighted by Crippen LogP contribution is 2.34. The number of methoxy groups -OCH3 is 1. The number of amides is 1. The normalized spacial score (nSPS) is 16.7. The van der Waals surface area contributed by atoms with Crippen LogP contribution in [0.25, 0.3) is 0 Å². The molecule has 0 bridgehead atoms. The van der Waals surface area contributed by atoms with Crippen LogP contribution in [0.3, 0.4) is 0 Å². The van der Waals surface area contributed by atoms with E-state index in [0.717, 1.165) is 0 Å². The Hall–Kier alpha value is -2.09. The Kier molecular flexibility index (Phi) is 3.45. The van der Waals surface area contributed by atoms with Gasteiger partial charge in [-0.1, -0.05) is 0 Å². The molecule has 21 heavy (non-hydrogen) atoms. The first-order chi connectivity index (χ1) is 9.61. The summed E-state index contributed by atoms with van der Waals surface area (Å²) in [5, 5.41) is 0. The Labute approximate surface area is 122 Å². The van der Waals surface area contributed by atoms with Crippen LogP contribution in [0.1, 0.15) is 24.2 Å². The van der Waals surface area contributed by atoms with E-state index in [0.29, 0.717) is 9.99 Å². The fraction of sp³-hybridized carbons (Fsp3) is 0.385. The van der Waals surface area contributed by atoms with Crippen LogP contribution in [0.2, 0.25) is 0 Å². The molecule has 1 aromatic rings. The SMILES string of the molecule is COC(=O)C(C)(C)CN1C(=O)c2cc(N)ccc2S1(=O)=O. The van der Waals surface area contributed by atoms with E-state index in [2.05, 4.69) is 4.74 Å². The van der Waals surface area contributed by atoms with Crippen LogP contribution in [-0.4, -0.2) is 38.3 Å². The zero-order valence-electron chi connectivity index (χ0n) is 11.9. The van der Waals surface area contributed by atoms with E-state index < -0.39 is 27.3 Å². The third-order valence-electron chi connectivity index (χ3n) is 3.31. The molecule has 1 aromatic carbocycles. The molecule has 1 aliphatic rings. The number of hydrogen-bond acceptors (Lipinski definition) is 6. The highest BCUT2D eigenvalue weighted by molar-refractivity contribution is 7.90. The molecule has 0 aliphatic carbocycles. The molecular formula is C13H16N2O5S. The van der Waals surface area contributed by atoms with Crippen molar-refractivity contribution in [1.82, 2.24) is 4.31 Å². The first-order valence-electron chi connectivity index (χ1n) is 6.16. The summed E-state index contributed by atoms with van der Waals surface area (Å²) >= 11 is 0. The van der Waals surface area contributed by atoms with Crippen molar-refractivity contribution in [2.45, 2.75) is 18.7 Å². The quantitative estimate of drug-likeness (QED) is 0.647. The Morgan fingerprint density at radius 3 is 2.57 bits per heavy atom. The van der Waals surface area contributed by atoms with Gasteiger partial charge in [0.2, 0.25) is 0 Å². The predicted octanol–water partition coefficient (Wildman–Crippen LogP) is 0.612. The van der Waals surface area contributed by atoms with Gasteiger partial charge in [0.1, 0.15) is 4.90 Å². The maximum absolute atomic E-state index is 12.4. The predicted molar refractivity (Wildman–Crippen MR) is 74.9 cm³/mol. The van der Waals surface area contributed by atoms with Gasteiger partial charge in [0, 0.05) is 5.69 Å². The molecule has 8 heteroatoms. The summed E-state index contributed by atoms with van der Waals surface area (Å²) < 4.78 is 30.1. The fourth-order valence-electron chi connectivity index (χ4n) is 2.16. The number of nitrogens with zero attached hydrogens (tertiary/aromatic N) is 1. The van der Waals surface area contributed by atoms with Gasteiger partial charge >= 0.3 is 5.97 Å². The summed E-state index contributed by atoms with van der Waals surface area (Å²) in [6.07, 6.45) is 0. The van der Waals surface area contributed by atoms with E-state index in [1.165, 1.54) is 39.2 Å². The molecule has 0 saturated heterocycles. The monoisotopic (exact) mass is 312 g/mol. The van der Waals surface area contributed by atoms with Crippen molar-refractivity contribution in [3.63, 3.8) is 0 Å². The second-order valence-electron chi connectivity index (χ2n) is 5.45. The molecule has 1 heterocycles. The molecule has 0 fully saturated rings. The van der Waals surface area contributed by atoms with Crippen molar-refractivity contribution in [3.05, 3.63) is 23.8 Å². The third kappa shape index (κ3) is 2.35. The summed E-state index contributed by atoms with van der Waals surface area (Å²) in [5.41, 5.74) is 4.76. The topological polar surface area (TPSA) is 107 Å². The molecule has 7 nitrogen and oxygen atoms in total. The van der Waals surface area contributed by atoms with E-state index in [9.17, 15) is 18.0 Å². The molecule has 0 unspecified atom stereocenters. The van der Waals surface area contributed by atoms with E-state index in [4.69, 9.17) is 5.73 Å². The molecule has 1 aliphatic heterocycles. The Balaban J connectivity index is 2.45. The van der Waals surface area contributed by atoms with Crippen molar-refractivity contribution in [2.75, 3.05) is 19.4 Å². The maximum atomic E-state index is 12.4. The minimum absolute atomic E-state index is 0.0238. The van der Waals surface area contributed by atoms with Crippen molar-refractivity contribution < 1.29 is 22.7 Å². The lowest BCUT2D eigenvalue weighted by Crippen LogP contribution is -2.42. The molecule has 2 N–H and O–H groups in total. The zero-order valence-corrected chi connectivity index (χ0v) is 12.7. The van der Waals surface area contributed by atoms with Crippen molar-refractivity contribution >= 4 is 27.6 Å². The molecule has 0 aromatic heterocycles. The molecule has 0 atom stereocenters. The van der Waals surface area contributed by atoms with Crippen LogP contribution in [0, 0.1) is 5.41 Å². The van der Waals surface area contributed by atoms with Crippen LogP contribution in [0.4, 0.5) is 5.69 Å². The number of carbonyl (C=O) groups is 2. The number of rotatable bonds is 3. The zero-order chi connectivity index (χ0) is 16.0. The largest absolute Gasteiger partial charge is 0.469 e. The lowest BCUT2D eigenvalue weighted by molar-refractivity contribution is -0.150. The standard InChI is InChI=1S/C13H16N2O5S/c1-13(2,12(17)20-3)7-15-11(16)9-6-8(14)4-5-10(9)21(15,18)19/h4-6H,7,14H2,1-3H3. The lowest BCUT2D eigenvalue weighted by Gasteiger charge is -2.26. The number of fused-ring (bicyclic) bond motifs is 1. The summed E-state index contributed by atoms with van der Waals surface area (Å²) in [6.45, 7) is 2.73. The number of ether oxygens (including phenoxy) is 1. The first kappa shape index (κ1) is 15.3. The summed E-state index contributed by atoms with van der Waals surface area (Å²) in [7, 11) is -2.76. The molecule has 0 spiro atoms. The van der Waals surface area contributed by atoms with Crippen molar-refractivity contribution in [1.29, 1.82) is 0 Å². The van der Waals surface area contributed by atoms with E-state index >= 15 is 0 Å².